The molecule has 0 N–H and O–H groups in total. The van der Waals surface area contributed by atoms with Crippen molar-refractivity contribution in [1.82, 2.24) is 4.98 Å². The molecule has 0 amide bonds. The fourth-order valence-corrected chi connectivity index (χ4v) is 2.03. The molecule has 2 rings (SSSR count). The number of halogens is 1. The number of nitriles is 1. The normalized spacial score (nSPS) is 10.2. The highest BCUT2D eigenvalue weighted by Crippen LogP contribution is 2.30. The van der Waals surface area contributed by atoms with E-state index in [4.69, 9.17) is 21.6 Å². The topological polar surface area (TPSA) is 45.9 Å². The Morgan fingerprint density at radius 1 is 1.41 bits per heavy atom. The summed E-state index contributed by atoms with van der Waals surface area (Å²) in [6.45, 7) is 1.98. The fraction of sp³-hybridized carbons (Fsp3) is 0.231. The van der Waals surface area contributed by atoms with Crippen LogP contribution in [0.25, 0.3) is 10.9 Å². The Balaban J connectivity index is 2.69. The highest BCUT2D eigenvalue weighted by atomic mass is 35.5. The number of hydrogen-bond acceptors (Lipinski definition) is 3. The minimum Gasteiger partial charge on any atom is -0.495 e. The third-order valence-corrected chi connectivity index (χ3v) is 2.90. The molecule has 4 heteroatoms. The second-order valence-electron chi connectivity index (χ2n) is 3.77. The first-order valence-electron chi connectivity index (χ1n) is 5.16. The fourth-order valence-electron chi connectivity index (χ4n) is 1.79. The van der Waals surface area contributed by atoms with Crippen molar-refractivity contribution >= 4 is 22.5 Å². The average molecular weight is 247 g/mol. The van der Waals surface area contributed by atoms with E-state index in [2.05, 4.69) is 11.1 Å². The van der Waals surface area contributed by atoms with E-state index in [1.807, 2.05) is 19.1 Å². The van der Waals surface area contributed by atoms with Crippen molar-refractivity contribution < 1.29 is 4.74 Å². The zero-order valence-corrected chi connectivity index (χ0v) is 10.4. The number of aromatic nitrogens is 1. The van der Waals surface area contributed by atoms with Gasteiger partial charge in [-0.25, -0.2) is 0 Å². The molecule has 86 valence electrons. The number of pyridine rings is 1. The molecule has 0 atom stereocenters. The maximum Gasteiger partial charge on any atom is 0.138 e. The summed E-state index contributed by atoms with van der Waals surface area (Å²) in [4.78, 5) is 4.40. The molecule has 0 aliphatic heterocycles. The van der Waals surface area contributed by atoms with Crippen molar-refractivity contribution in [3.8, 4) is 11.8 Å². The van der Waals surface area contributed by atoms with E-state index in [1.165, 1.54) is 0 Å². The molecule has 1 aromatic heterocycles. The van der Waals surface area contributed by atoms with E-state index in [0.717, 1.165) is 22.2 Å². The lowest BCUT2D eigenvalue weighted by Crippen LogP contribution is -1.93. The standard InChI is InChI=1S/C13H11ClN2O/c1-8-5-9(3-4-15)16-12-7-11(14)13(17-2)6-10(8)12/h5-7H,3H2,1-2H3. The molecule has 3 nitrogen and oxygen atoms in total. The molecule has 0 bridgehead atoms. The van der Waals surface area contributed by atoms with E-state index in [-0.39, 0.29) is 0 Å². The Morgan fingerprint density at radius 3 is 2.82 bits per heavy atom. The van der Waals surface area contributed by atoms with Gasteiger partial charge in [-0.05, 0) is 30.7 Å². The molecular weight excluding hydrogens is 236 g/mol. The van der Waals surface area contributed by atoms with Gasteiger partial charge in [0.15, 0.2) is 0 Å². The maximum absolute atomic E-state index is 8.68. The van der Waals surface area contributed by atoms with Gasteiger partial charge in [0.1, 0.15) is 5.75 Å². The number of aryl methyl sites for hydroxylation is 1. The molecule has 0 aliphatic rings. The Kier molecular flexibility index (Phi) is 3.16. The molecule has 17 heavy (non-hydrogen) atoms. The van der Waals surface area contributed by atoms with Crippen LogP contribution >= 0.6 is 11.6 Å². The largest absolute Gasteiger partial charge is 0.495 e. The van der Waals surface area contributed by atoms with Crippen LogP contribution in [0.3, 0.4) is 0 Å². The Morgan fingerprint density at radius 2 is 2.18 bits per heavy atom. The van der Waals surface area contributed by atoms with E-state index in [0.29, 0.717) is 17.2 Å². The monoisotopic (exact) mass is 246 g/mol. The molecule has 0 unspecified atom stereocenters. The average Bonchev–Trinajstić information content (AvgIpc) is 2.28. The van der Waals surface area contributed by atoms with Gasteiger partial charge < -0.3 is 4.74 Å². The minimum atomic E-state index is 0.306. The van der Waals surface area contributed by atoms with Crippen molar-refractivity contribution in [3.63, 3.8) is 0 Å². The van der Waals surface area contributed by atoms with Crippen LogP contribution in [0.1, 0.15) is 11.3 Å². The van der Waals surface area contributed by atoms with Gasteiger partial charge in [0.25, 0.3) is 0 Å². The van der Waals surface area contributed by atoms with E-state index in [9.17, 15) is 0 Å². The lowest BCUT2D eigenvalue weighted by Gasteiger charge is -2.08. The molecule has 0 radical (unpaired) electrons. The van der Waals surface area contributed by atoms with Crippen LogP contribution < -0.4 is 4.74 Å². The van der Waals surface area contributed by atoms with E-state index in [1.54, 1.807) is 13.2 Å². The summed E-state index contributed by atoms with van der Waals surface area (Å²) in [5.74, 6) is 0.636. The third-order valence-electron chi connectivity index (χ3n) is 2.60. The second kappa shape index (κ2) is 4.60. The number of fused-ring (bicyclic) bond motifs is 1. The van der Waals surface area contributed by atoms with Crippen molar-refractivity contribution in [1.29, 1.82) is 5.26 Å². The number of nitrogens with zero attached hydrogens (tertiary/aromatic N) is 2. The maximum atomic E-state index is 8.68. The molecule has 1 heterocycles. The number of benzene rings is 1. The predicted octanol–water partition coefficient (Wildman–Crippen LogP) is 3.27. The van der Waals surface area contributed by atoms with Gasteiger partial charge in [-0.15, -0.1) is 0 Å². The first kappa shape index (κ1) is 11.7. The van der Waals surface area contributed by atoms with Gasteiger partial charge in [0, 0.05) is 5.39 Å². The summed E-state index contributed by atoms with van der Waals surface area (Å²) in [5, 5.41) is 10.2. The molecule has 0 saturated heterocycles. The quantitative estimate of drug-likeness (QED) is 0.817. The van der Waals surface area contributed by atoms with Gasteiger partial charge >= 0.3 is 0 Å². The molecule has 1 aromatic carbocycles. The Labute approximate surface area is 105 Å². The van der Waals surface area contributed by atoms with Crippen LogP contribution in [0.4, 0.5) is 0 Å². The SMILES string of the molecule is COc1cc2c(C)cc(CC#N)nc2cc1Cl. The highest BCUT2D eigenvalue weighted by Gasteiger charge is 2.08. The molecule has 0 aliphatic carbocycles. The van der Waals surface area contributed by atoms with Crippen molar-refractivity contribution in [3.05, 3.63) is 34.5 Å². The summed E-state index contributed by atoms with van der Waals surface area (Å²) >= 11 is 6.06. The predicted molar refractivity (Wildman–Crippen MR) is 67.4 cm³/mol. The summed E-state index contributed by atoms with van der Waals surface area (Å²) in [7, 11) is 1.58. The molecule has 0 fully saturated rings. The van der Waals surface area contributed by atoms with Gasteiger partial charge in [0.2, 0.25) is 0 Å². The van der Waals surface area contributed by atoms with Crippen molar-refractivity contribution in [2.24, 2.45) is 0 Å². The number of ether oxygens (including phenoxy) is 1. The second-order valence-corrected chi connectivity index (χ2v) is 4.18. The van der Waals surface area contributed by atoms with Crippen LogP contribution in [0.2, 0.25) is 5.02 Å². The highest BCUT2D eigenvalue weighted by molar-refractivity contribution is 6.32. The zero-order valence-electron chi connectivity index (χ0n) is 9.62. The van der Waals surface area contributed by atoms with Crippen LogP contribution in [-0.2, 0) is 6.42 Å². The summed E-state index contributed by atoms with van der Waals surface area (Å²) in [5.41, 5.74) is 2.62. The van der Waals surface area contributed by atoms with Gasteiger partial charge in [-0.2, -0.15) is 5.26 Å². The lowest BCUT2D eigenvalue weighted by atomic mass is 10.1. The zero-order chi connectivity index (χ0) is 12.4. The minimum absolute atomic E-state index is 0.306. The van der Waals surface area contributed by atoms with Crippen LogP contribution in [0, 0.1) is 18.3 Å². The lowest BCUT2D eigenvalue weighted by molar-refractivity contribution is 0.415. The first-order valence-corrected chi connectivity index (χ1v) is 5.54. The van der Waals surface area contributed by atoms with E-state index >= 15 is 0 Å². The molecule has 2 aromatic rings. The Bertz CT molecular complexity index is 617. The molecule has 0 saturated carbocycles. The Hall–Kier alpha value is -1.79. The summed E-state index contributed by atoms with van der Waals surface area (Å²) in [6.07, 6.45) is 0.306. The first-order chi connectivity index (χ1) is 8.15. The number of hydrogen-bond donors (Lipinski definition) is 0. The molecule has 0 spiro atoms. The molecular formula is C13H11ClN2O. The number of methoxy groups -OCH3 is 1. The van der Waals surface area contributed by atoms with Crippen LogP contribution in [0.5, 0.6) is 5.75 Å². The smallest absolute Gasteiger partial charge is 0.138 e. The van der Waals surface area contributed by atoms with Crippen LogP contribution in [0.15, 0.2) is 18.2 Å². The van der Waals surface area contributed by atoms with Gasteiger partial charge in [0.05, 0.1) is 35.8 Å². The van der Waals surface area contributed by atoms with Gasteiger partial charge in [-0.3, -0.25) is 4.98 Å². The van der Waals surface area contributed by atoms with Crippen molar-refractivity contribution in [2.75, 3.05) is 7.11 Å². The number of rotatable bonds is 2. The third kappa shape index (κ3) is 2.17. The summed E-state index contributed by atoms with van der Waals surface area (Å²) < 4.78 is 5.17. The van der Waals surface area contributed by atoms with Crippen LogP contribution in [-0.4, -0.2) is 12.1 Å². The van der Waals surface area contributed by atoms with E-state index < -0.39 is 0 Å². The van der Waals surface area contributed by atoms with Gasteiger partial charge in [-0.1, -0.05) is 11.6 Å². The van der Waals surface area contributed by atoms with Crippen molar-refractivity contribution in [2.45, 2.75) is 13.3 Å². The summed E-state index contributed by atoms with van der Waals surface area (Å²) in [6, 6.07) is 7.65.